The fourth-order valence-corrected chi connectivity index (χ4v) is 1.98. The number of phenolic OH excluding ortho intramolecular Hbond substituents is 1. The van der Waals surface area contributed by atoms with Crippen LogP contribution in [0.1, 0.15) is 6.92 Å². The van der Waals surface area contributed by atoms with Crippen LogP contribution >= 0.6 is 23.2 Å². The molecule has 5 nitrogen and oxygen atoms in total. The van der Waals surface area contributed by atoms with E-state index in [-0.39, 0.29) is 51.1 Å². The van der Waals surface area contributed by atoms with E-state index in [2.05, 4.69) is 0 Å². The molecule has 0 saturated carbocycles. The predicted molar refractivity (Wildman–Crippen MR) is 79.7 cm³/mol. The molecular formula is C15H11Cl2NaO5. The summed E-state index contributed by atoms with van der Waals surface area (Å²) in [6.45, 7) is 1.37. The van der Waals surface area contributed by atoms with Crippen molar-refractivity contribution in [1.82, 2.24) is 0 Å². The maximum atomic E-state index is 10.6. The third-order valence-corrected chi connectivity index (χ3v) is 3.30. The normalized spacial score (nSPS) is 11.3. The predicted octanol–water partition coefficient (Wildman–Crippen LogP) is 0.0125. The third kappa shape index (κ3) is 5.48. The molecule has 1 unspecified atom stereocenters. The quantitative estimate of drug-likeness (QED) is 0.756. The van der Waals surface area contributed by atoms with Crippen molar-refractivity contribution in [3.05, 3.63) is 46.4 Å². The molecule has 1 atom stereocenters. The van der Waals surface area contributed by atoms with Gasteiger partial charge in [-0.05, 0) is 37.3 Å². The van der Waals surface area contributed by atoms with Gasteiger partial charge in [0.1, 0.15) is 29.1 Å². The topological polar surface area (TPSA) is 78.8 Å². The summed E-state index contributed by atoms with van der Waals surface area (Å²) in [4.78, 5) is 10.6. The Bertz CT molecular complexity index is 691. The summed E-state index contributed by atoms with van der Waals surface area (Å²) in [6, 6.07) is 8.88. The summed E-state index contributed by atoms with van der Waals surface area (Å²) in [5.74, 6) is -0.431. The Balaban J connectivity index is 0.00000264. The van der Waals surface area contributed by atoms with Crippen molar-refractivity contribution in [2.24, 2.45) is 0 Å². The molecule has 0 radical (unpaired) electrons. The maximum Gasteiger partial charge on any atom is 1.00 e. The van der Waals surface area contributed by atoms with Gasteiger partial charge in [0.2, 0.25) is 0 Å². The molecule has 0 saturated heterocycles. The Hall–Kier alpha value is -1.11. The Labute approximate surface area is 165 Å². The van der Waals surface area contributed by atoms with Crippen molar-refractivity contribution >= 4 is 29.2 Å². The SMILES string of the molecule is CC(Oc1ccc(Oc2cc(O)c(Cl)cc2Cl)cc1)C(=O)[O-].[Na+]. The van der Waals surface area contributed by atoms with Crippen LogP contribution in [0.2, 0.25) is 10.0 Å². The van der Waals surface area contributed by atoms with Crippen LogP contribution in [0.25, 0.3) is 0 Å². The number of phenols is 1. The van der Waals surface area contributed by atoms with Crippen LogP contribution in [0.15, 0.2) is 36.4 Å². The molecule has 23 heavy (non-hydrogen) atoms. The van der Waals surface area contributed by atoms with E-state index in [0.29, 0.717) is 11.5 Å². The van der Waals surface area contributed by atoms with Gasteiger partial charge in [-0.1, -0.05) is 23.2 Å². The maximum absolute atomic E-state index is 10.6. The summed E-state index contributed by atoms with van der Waals surface area (Å²) < 4.78 is 10.7. The molecule has 0 aliphatic heterocycles. The molecule has 0 fully saturated rings. The average molecular weight is 365 g/mol. The van der Waals surface area contributed by atoms with Crippen LogP contribution in [-0.4, -0.2) is 17.2 Å². The van der Waals surface area contributed by atoms with Crippen LogP contribution in [0.5, 0.6) is 23.0 Å². The molecule has 2 aromatic rings. The van der Waals surface area contributed by atoms with Crippen molar-refractivity contribution in [2.75, 3.05) is 0 Å². The zero-order valence-electron chi connectivity index (χ0n) is 12.4. The van der Waals surface area contributed by atoms with E-state index in [9.17, 15) is 15.0 Å². The van der Waals surface area contributed by atoms with Gasteiger partial charge in [0.05, 0.1) is 16.0 Å². The number of rotatable bonds is 5. The molecule has 2 aromatic carbocycles. The van der Waals surface area contributed by atoms with E-state index in [1.54, 1.807) is 24.3 Å². The molecule has 0 aromatic heterocycles. The number of hydrogen-bond acceptors (Lipinski definition) is 5. The zero-order valence-corrected chi connectivity index (χ0v) is 15.9. The molecule has 0 spiro atoms. The van der Waals surface area contributed by atoms with Gasteiger partial charge in [-0.3, -0.25) is 0 Å². The van der Waals surface area contributed by atoms with Gasteiger partial charge in [0.15, 0.2) is 0 Å². The molecule has 2 rings (SSSR count). The summed E-state index contributed by atoms with van der Waals surface area (Å²) in [5.41, 5.74) is 0. The largest absolute Gasteiger partial charge is 1.00 e. The Morgan fingerprint density at radius 3 is 2.26 bits per heavy atom. The molecular weight excluding hydrogens is 354 g/mol. The molecule has 0 heterocycles. The summed E-state index contributed by atoms with van der Waals surface area (Å²) in [5, 5.41) is 20.5. The standard InChI is InChI=1S/C15H12Cl2O5.Na/c1-8(15(19)20)21-9-2-4-10(5-3-9)22-14-7-13(18)11(16)6-12(14)17;/h2-8,18H,1H3,(H,19,20);/q;+1/p-1. The minimum Gasteiger partial charge on any atom is -0.546 e. The van der Waals surface area contributed by atoms with Crippen molar-refractivity contribution in [1.29, 1.82) is 0 Å². The number of halogens is 2. The van der Waals surface area contributed by atoms with Crippen molar-refractivity contribution in [3.8, 4) is 23.0 Å². The number of carbonyl (C=O) groups excluding carboxylic acids is 1. The number of ether oxygens (including phenoxy) is 2. The Morgan fingerprint density at radius 1 is 1.13 bits per heavy atom. The van der Waals surface area contributed by atoms with Gasteiger partial charge in [-0.2, -0.15) is 0 Å². The van der Waals surface area contributed by atoms with Crippen LogP contribution in [-0.2, 0) is 4.79 Å². The fraction of sp³-hybridized carbons (Fsp3) is 0.133. The van der Waals surface area contributed by atoms with Crippen LogP contribution < -0.4 is 44.1 Å². The minimum atomic E-state index is -1.30. The summed E-state index contributed by atoms with van der Waals surface area (Å²) >= 11 is 11.7. The van der Waals surface area contributed by atoms with Crippen LogP contribution in [0.4, 0.5) is 0 Å². The average Bonchev–Trinajstić information content (AvgIpc) is 2.46. The molecule has 0 bridgehead atoms. The van der Waals surface area contributed by atoms with Gasteiger partial charge in [0.25, 0.3) is 0 Å². The number of aromatic hydroxyl groups is 1. The Morgan fingerprint density at radius 2 is 1.70 bits per heavy atom. The van der Waals surface area contributed by atoms with Gasteiger partial charge < -0.3 is 24.5 Å². The van der Waals surface area contributed by atoms with Crippen LogP contribution in [0, 0.1) is 0 Å². The van der Waals surface area contributed by atoms with Crippen LogP contribution in [0.3, 0.4) is 0 Å². The molecule has 0 aliphatic rings. The van der Waals surface area contributed by atoms with E-state index in [4.69, 9.17) is 32.7 Å². The van der Waals surface area contributed by atoms with E-state index in [0.717, 1.165) is 0 Å². The van der Waals surface area contributed by atoms with Crippen molar-refractivity contribution in [2.45, 2.75) is 13.0 Å². The monoisotopic (exact) mass is 364 g/mol. The van der Waals surface area contributed by atoms with Gasteiger partial charge >= 0.3 is 29.6 Å². The fourth-order valence-electron chi connectivity index (χ4n) is 1.56. The third-order valence-electron chi connectivity index (χ3n) is 2.70. The molecule has 1 N–H and O–H groups in total. The second kappa shape index (κ2) is 8.66. The smallest absolute Gasteiger partial charge is 0.546 e. The molecule has 8 heteroatoms. The van der Waals surface area contributed by atoms with E-state index in [1.165, 1.54) is 19.1 Å². The van der Waals surface area contributed by atoms with Gasteiger partial charge in [-0.15, -0.1) is 0 Å². The number of carboxylic acid groups (broad SMARTS) is 1. The second-order valence-corrected chi connectivity index (χ2v) is 5.20. The van der Waals surface area contributed by atoms with Gasteiger partial charge in [-0.25, -0.2) is 0 Å². The van der Waals surface area contributed by atoms with E-state index < -0.39 is 12.1 Å². The van der Waals surface area contributed by atoms with Gasteiger partial charge in [0, 0.05) is 6.07 Å². The zero-order chi connectivity index (χ0) is 16.3. The molecule has 0 amide bonds. The first-order valence-corrected chi connectivity index (χ1v) is 6.96. The Kier molecular flexibility index (Phi) is 7.51. The van der Waals surface area contributed by atoms with Crippen molar-refractivity contribution < 1.29 is 54.0 Å². The van der Waals surface area contributed by atoms with Crippen molar-refractivity contribution in [3.63, 3.8) is 0 Å². The summed E-state index contributed by atoms with van der Waals surface area (Å²) in [6.07, 6.45) is -1.06. The minimum absolute atomic E-state index is 0. The molecule has 116 valence electrons. The summed E-state index contributed by atoms with van der Waals surface area (Å²) in [7, 11) is 0. The first-order valence-electron chi connectivity index (χ1n) is 6.20. The number of aliphatic carboxylic acids is 1. The number of carbonyl (C=O) groups is 1. The van der Waals surface area contributed by atoms with E-state index >= 15 is 0 Å². The molecule has 0 aliphatic carbocycles. The number of benzene rings is 2. The van der Waals surface area contributed by atoms with E-state index in [1.807, 2.05) is 0 Å². The number of carboxylic acids is 1. The first kappa shape index (κ1) is 19.9. The first-order chi connectivity index (χ1) is 10.4. The number of hydrogen-bond donors (Lipinski definition) is 1. The second-order valence-electron chi connectivity index (χ2n) is 4.39.